The summed E-state index contributed by atoms with van der Waals surface area (Å²) in [5.74, 6) is -0.997. The summed E-state index contributed by atoms with van der Waals surface area (Å²) in [5, 5.41) is 29.5. The highest BCUT2D eigenvalue weighted by atomic mass is 35.5. The minimum absolute atomic E-state index is 0.0179. The van der Waals surface area contributed by atoms with Gasteiger partial charge in [-0.15, -0.1) is 0 Å². The van der Waals surface area contributed by atoms with Gasteiger partial charge in [0.05, 0.1) is 42.1 Å². The molecule has 54 heavy (non-hydrogen) atoms. The molecule has 2 aromatic heterocycles. The van der Waals surface area contributed by atoms with Crippen LogP contribution in [0.2, 0.25) is 5.02 Å². The topological polar surface area (TPSA) is 138 Å². The molecular weight excluding hydrogens is 723 g/mol. The van der Waals surface area contributed by atoms with Crippen LogP contribution in [0, 0.1) is 5.92 Å². The van der Waals surface area contributed by atoms with Gasteiger partial charge in [0.1, 0.15) is 11.9 Å². The number of methoxy groups -OCH3 is 2. The van der Waals surface area contributed by atoms with Crippen molar-refractivity contribution >= 4 is 23.4 Å². The number of alkyl halides is 3. The molecule has 0 bridgehead atoms. The third-order valence-corrected chi connectivity index (χ3v) is 11.1. The maximum absolute atomic E-state index is 14.5. The molecule has 14 heteroatoms. The number of aliphatic carboxylic acids is 1. The van der Waals surface area contributed by atoms with Crippen LogP contribution in [-0.2, 0) is 30.5 Å². The molecule has 2 aromatic carbocycles. The molecule has 5 N–H and O–H groups in total. The normalized spacial score (nSPS) is 21.3. The van der Waals surface area contributed by atoms with E-state index in [0.29, 0.717) is 54.4 Å². The maximum atomic E-state index is 14.5. The van der Waals surface area contributed by atoms with Crippen molar-refractivity contribution in [1.82, 2.24) is 20.6 Å². The number of aliphatic hydroxyl groups is 1. The van der Waals surface area contributed by atoms with Gasteiger partial charge in [-0.1, -0.05) is 54.1 Å². The maximum Gasteiger partial charge on any atom is 0.419 e. The standard InChI is InChI=1S/C40H43ClF3N5O5/c1-39(52)17-24(18-39)45-19-22-12-14-32(48-36(22)53-2)29-9-5-8-28(33(29)41)25-6-4-7-27-26(25)13-15-31(27)47-35-30(40(42,43)44)16-23(37(49-35)54-3)20-46-34(38(50)51)21-10-11-21/h4-9,12,14,16,21,24,31,34,45-46,52H,10-11,13,15,17-20H2,1-3H3,(H,47,49)(H,50,51)/t24?,31-,34-,39?/m0/s1. The van der Waals surface area contributed by atoms with Crippen molar-refractivity contribution in [3.05, 3.63) is 87.4 Å². The summed E-state index contributed by atoms with van der Waals surface area (Å²) in [7, 11) is 2.90. The number of nitrogens with one attached hydrogen (secondary N) is 3. The van der Waals surface area contributed by atoms with Crippen LogP contribution in [0.25, 0.3) is 22.4 Å². The third kappa shape index (κ3) is 7.86. The van der Waals surface area contributed by atoms with Gasteiger partial charge in [-0.3, -0.25) is 10.1 Å². The smallest absolute Gasteiger partial charge is 0.419 e. The molecule has 0 amide bonds. The minimum Gasteiger partial charge on any atom is -0.481 e. The summed E-state index contributed by atoms with van der Waals surface area (Å²) in [6.07, 6.45) is -0.747. The van der Waals surface area contributed by atoms with Gasteiger partial charge in [0.2, 0.25) is 11.8 Å². The Balaban J connectivity index is 1.13. The number of aromatic nitrogens is 2. The van der Waals surface area contributed by atoms with Crippen LogP contribution in [0.5, 0.6) is 11.8 Å². The number of pyridine rings is 2. The van der Waals surface area contributed by atoms with Crippen LogP contribution in [0.4, 0.5) is 19.0 Å². The molecule has 0 saturated heterocycles. The van der Waals surface area contributed by atoms with Gasteiger partial charge in [-0.25, -0.2) is 4.98 Å². The fraction of sp³-hybridized carbons (Fsp3) is 0.425. The van der Waals surface area contributed by atoms with Gasteiger partial charge >= 0.3 is 12.1 Å². The van der Waals surface area contributed by atoms with E-state index >= 15 is 0 Å². The summed E-state index contributed by atoms with van der Waals surface area (Å²) >= 11 is 7.12. The number of anilines is 1. The Labute approximate surface area is 316 Å². The van der Waals surface area contributed by atoms with E-state index in [9.17, 15) is 28.2 Å². The van der Waals surface area contributed by atoms with Crippen molar-refractivity contribution in [2.24, 2.45) is 5.92 Å². The molecule has 4 aromatic rings. The molecule has 2 atom stereocenters. The molecule has 2 heterocycles. The number of nitrogens with zero attached hydrogens (tertiary/aromatic N) is 2. The Morgan fingerprint density at radius 1 is 0.963 bits per heavy atom. The quantitative estimate of drug-likeness (QED) is 0.0875. The number of halogens is 4. The van der Waals surface area contributed by atoms with Crippen molar-refractivity contribution in [2.75, 3.05) is 19.5 Å². The van der Waals surface area contributed by atoms with Crippen LogP contribution in [0.3, 0.4) is 0 Å². The lowest BCUT2D eigenvalue weighted by atomic mass is 9.77. The zero-order chi connectivity index (χ0) is 38.4. The Hall–Kier alpha value is -4.43. The average Bonchev–Trinajstić information content (AvgIpc) is 3.88. The van der Waals surface area contributed by atoms with E-state index in [2.05, 4.69) is 20.9 Å². The Morgan fingerprint density at radius 3 is 2.31 bits per heavy atom. The first kappa shape index (κ1) is 37.9. The highest BCUT2D eigenvalue weighted by Crippen LogP contribution is 2.45. The summed E-state index contributed by atoms with van der Waals surface area (Å²) < 4.78 is 54.6. The average molecular weight is 766 g/mol. The van der Waals surface area contributed by atoms with Gasteiger partial charge in [0.15, 0.2) is 0 Å². The van der Waals surface area contributed by atoms with Crippen molar-refractivity contribution in [3.8, 4) is 34.1 Å². The molecule has 10 nitrogen and oxygen atoms in total. The molecule has 3 aliphatic rings. The lowest BCUT2D eigenvalue weighted by Gasteiger charge is -2.41. The van der Waals surface area contributed by atoms with Crippen LogP contribution >= 0.6 is 11.6 Å². The van der Waals surface area contributed by atoms with E-state index in [-0.39, 0.29) is 35.8 Å². The number of rotatable bonds is 14. The Bertz CT molecular complexity index is 2050. The zero-order valence-corrected chi connectivity index (χ0v) is 30.9. The Kier molecular flexibility index (Phi) is 10.5. The van der Waals surface area contributed by atoms with Crippen LogP contribution in [-0.4, -0.2) is 58.1 Å². The van der Waals surface area contributed by atoms with Gasteiger partial charge in [0, 0.05) is 41.4 Å². The van der Waals surface area contributed by atoms with Gasteiger partial charge < -0.3 is 30.3 Å². The second-order valence-electron chi connectivity index (χ2n) is 14.7. The predicted octanol–water partition coefficient (Wildman–Crippen LogP) is 7.56. The molecule has 0 aliphatic heterocycles. The fourth-order valence-corrected chi connectivity index (χ4v) is 8.09. The van der Waals surface area contributed by atoms with Gasteiger partial charge in [-0.05, 0) is 80.2 Å². The second kappa shape index (κ2) is 15.0. The Morgan fingerprint density at radius 2 is 1.65 bits per heavy atom. The number of hydrogen-bond acceptors (Lipinski definition) is 9. The lowest BCUT2D eigenvalue weighted by molar-refractivity contribution is -0.140. The minimum atomic E-state index is -4.74. The number of carbonyl (C=O) groups is 1. The summed E-state index contributed by atoms with van der Waals surface area (Å²) in [5.41, 5.74) is 4.21. The molecule has 0 spiro atoms. The second-order valence-corrected chi connectivity index (χ2v) is 15.1. The first-order chi connectivity index (χ1) is 25.8. The van der Waals surface area contributed by atoms with Gasteiger partial charge in [0.25, 0.3) is 0 Å². The van der Waals surface area contributed by atoms with E-state index in [1.165, 1.54) is 7.11 Å². The van der Waals surface area contributed by atoms with Gasteiger partial charge in [-0.2, -0.15) is 18.2 Å². The summed E-state index contributed by atoms with van der Waals surface area (Å²) in [6, 6.07) is 15.2. The highest BCUT2D eigenvalue weighted by Gasteiger charge is 2.40. The number of ether oxygens (including phenoxy) is 2. The molecule has 0 unspecified atom stereocenters. The number of fused-ring (bicyclic) bond motifs is 1. The zero-order valence-electron chi connectivity index (χ0n) is 30.2. The molecule has 7 rings (SSSR count). The number of hydrogen-bond donors (Lipinski definition) is 5. The van der Waals surface area contributed by atoms with E-state index in [4.69, 9.17) is 26.1 Å². The molecule has 2 fully saturated rings. The molecule has 2 saturated carbocycles. The molecular formula is C40H43ClF3N5O5. The fourth-order valence-electron chi connectivity index (χ4n) is 7.76. The summed E-state index contributed by atoms with van der Waals surface area (Å²) in [4.78, 5) is 20.8. The van der Waals surface area contributed by atoms with Crippen LogP contribution < -0.4 is 25.4 Å². The van der Waals surface area contributed by atoms with Crippen LogP contribution in [0.1, 0.15) is 72.9 Å². The SMILES string of the molecule is COc1nc(-c2cccc(-c3cccc4c3CC[C@@H]4Nc3nc(OC)c(CN[C@H](C(=O)O)C4CC4)cc3C(F)(F)F)c2Cl)ccc1CNC1CC(C)(O)C1. The number of benzene rings is 2. The molecule has 286 valence electrons. The monoisotopic (exact) mass is 765 g/mol. The van der Waals surface area contributed by atoms with Crippen molar-refractivity contribution < 1.29 is 37.7 Å². The van der Waals surface area contributed by atoms with Crippen molar-refractivity contribution in [2.45, 2.75) is 88.4 Å². The van der Waals surface area contributed by atoms with Crippen LogP contribution in [0.15, 0.2) is 54.6 Å². The summed E-state index contributed by atoms with van der Waals surface area (Å²) in [6.45, 7) is 2.23. The highest BCUT2D eigenvalue weighted by molar-refractivity contribution is 6.36. The van der Waals surface area contributed by atoms with Crippen molar-refractivity contribution in [1.29, 1.82) is 0 Å². The molecule has 3 aliphatic carbocycles. The predicted molar refractivity (Wildman–Crippen MR) is 199 cm³/mol. The van der Waals surface area contributed by atoms with E-state index in [1.54, 1.807) is 7.11 Å². The van der Waals surface area contributed by atoms with E-state index in [0.717, 1.165) is 46.7 Å². The van der Waals surface area contributed by atoms with Crippen molar-refractivity contribution in [3.63, 3.8) is 0 Å². The largest absolute Gasteiger partial charge is 0.481 e. The first-order valence-corrected chi connectivity index (χ1v) is 18.4. The number of carboxylic acids is 1. The third-order valence-electron chi connectivity index (χ3n) is 10.7. The molecule has 0 radical (unpaired) electrons. The lowest BCUT2D eigenvalue weighted by Crippen LogP contribution is -2.51. The van der Waals surface area contributed by atoms with E-state index < -0.39 is 35.4 Å². The van der Waals surface area contributed by atoms with E-state index in [1.807, 2.05) is 55.5 Å². The number of carboxylic acid groups (broad SMARTS) is 1. The first-order valence-electron chi connectivity index (χ1n) is 18.0.